The Labute approximate surface area is 176 Å². The van der Waals surface area contributed by atoms with E-state index >= 15 is 0 Å². The lowest BCUT2D eigenvalue weighted by molar-refractivity contribution is 0.167. The Hall–Kier alpha value is -0.430. The average molecular weight is 433 g/mol. The number of halogens is 2. The molecule has 1 aromatic rings. The quantitative estimate of drug-likeness (QED) is 0.467. The largest absolute Gasteiger partial charge is 0.598 e. The molecule has 2 atom stereocenters. The lowest BCUT2D eigenvalue weighted by Gasteiger charge is -2.42. The van der Waals surface area contributed by atoms with Crippen LogP contribution in [-0.4, -0.2) is 29.0 Å². The van der Waals surface area contributed by atoms with E-state index in [9.17, 15) is 4.55 Å². The third-order valence-corrected chi connectivity index (χ3v) is 7.23. The molecule has 7 heteroatoms. The minimum absolute atomic E-state index is 0.102. The molecule has 0 spiro atoms. The van der Waals surface area contributed by atoms with Gasteiger partial charge < -0.3 is 14.6 Å². The van der Waals surface area contributed by atoms with Crippen molar-refractivity contribution in [3.05, 3.63) is 40.4 Å². The highest BCUT2D eigenvalue weighted by atomic mass is 35.5. The van der Waals surface area contributed by atoms with E-state index < -0.39 is 11.4 Å². The van der Waals surface area contributed by atoms with Crippen molar-refractivity contribution in [3.63, 3.8) is 0 Å². The fourth-order valence-electron chi connectivity index (χ4n) is 3.19. The second-order valence-corrected chi connectivity index (χ2v) is 11.1. The number of rotatable bonds is 7. The van der Waals surface area contributed by atoms with Crippen LogP contribution >= 0.6 is 23.2 Å². The van der Waals surface area contributed by atoms with E-state index in [-0.39, 0.29) is 16.2 Å². The van der Waals surface area contributed by atoms with Crippen LogP contribution in [-0.2, 0) is 11.4 Å². The zero-order valence-electron chi connectivity index (χ0n) is 16.5. The first-order valence-electron chi connectivity index (χ1n) is 9.20. The summed E-state index contributed by atoms with van der Waals surface area (Å²) in [6, 6.07) is 3.39. The van der Waals surface area contributed by atoms with Crippen molar-refractivity contribution in [3.8, 4) is 5.75 Å². The number of benzene rings is 1. The van der Waals surface area contributed by atoms with Crippen molar-refractivity contribution in [2.24, 2.45) is 5.41 Å². The summed E-state index contributed by atoms with van der Waals surface area (Å²) in [5, 5.41) is 4.30. The minimum atomic E-state index is -1.24. The summed E-state index contributed by atoms with van der Waals surface area (Å²) in [6.45, 7) is 14.0. The average Bonchev–Trinajstić information content (AvgIpc) is 2.60. The van der Waals surface area contributed by atoms with Gasteiger partial charge >= 0.3 is 0 Å². The second-order valence-electron chi connectivity index (χ2n) is 8.24. The predicted molar refractivity (Wildman–Crippen MR) is 116 cm³/mol. The first-order valence-corrected chi connectivity index (χ1v) is 11.1. The molecule has 0 bridgehead atoms. The first kappa shape index (κ1) is 22.9. The number of piperidine rings is 1. The fourth-order valence-corrected chi connectivity index (χ4v) is 4.50. The molecule has 1 fully saturated rings. The number of ether oxygens (including phenoxy) is 1. The first-order chi connectivity index (χ1) is 12.6. The van der Waals surface area contributed by atoms with E-state index in [2.05, 4.69) is 23.5 Å². The molecule has 4 nitrogen and oxygen atoms in total. The molecule has 0 radical (unpaired) electrons. The highest BCUT2D eigenvalue weighted by Crippen LogP contribution is 2.46. The maximum Gasteiger partial charge on any atom is 0.136 e. The predicted octanol–water partition coefficient (Wildman–Crippen LogP) is 5.04. The highest BCUT2D eigenvalue weighted by molar-refractivity contribution is 7.90. The summed E-state index contributed by atoms with van der Waals surface area (Å²) >= 11 is 11.3. The molecule has 1 saturated heterocycles. The molecule has 1 aliphatic heterocycles. The molecule has 152 valence electrons. The van der Waals surface area contributed by atoms with Crippen LogP contribution in [0.1, 0.15) is 52.1 Å². The smallest absolute Gasteiger partial charge is 0.136 e. The van der Waals surface area contributed by atoms with E-state index in [4.69, 9.17) is 27.9 Å². The lowest BCUT2D eigenvalue weighted by Crippen LogP contribution is -2.49. The molecule has 1 heterocycles. The van der Waals surface area contributed by atoms with Gasteiger partial charge in [-0.25, -0.2) is 0 Å². The van der Waals surface area contributed by atoms with Gasteiger partial charge in [-0.1, -0.05) is 42.8 Å². The van der Waals surface area contributed by atoms with Gasteiger partial charge in [0.1, 0.15) is 17.1 Å². The van der Waals surface area contributed by atoms with Gasteiger partial charge in [0.05, 0.1) is 16.1 Å². The van der Waals surface area contributed by atoms with Gasteiger partial charge in [-0.15, -0.1) is 4.72 Å². The number of nitrogens with one attached hydrogen (secondary N) is 2. The van der Waals surface area contributed by atoms with E-state index in [1.807, 2.05) is 26.8 Å². The Morgan fingerprint density at radius 1 is 1.33 bits per heavy atom. The van der Waals surface area contributed by atoms with Crippen molar-refractivity contribution in [2.75, 3.05) is 19.7 Å². The van der Waals surface area contributed by atoms with E-state index in [1.165, 1.54) is 0 Å². The molecular weight excluding hydrogens is 403 g/mol. The summed E-state index contributed by atoms with van der Waals surface area (Å²) in [4.78, 5) is 0. The van der Waals surface area contributed by atoms with E-state index in [0.29, 0.717) is 22.4 Å². The molecule has 2 rings (SSSR count). The van der Waals surface area contributed by atoms with Crippen molar-refractivity contribution < 1.29 is 9.29 Å². The summed E-state index contributed by atoms with van der Waals surface area (Å²) in [6.07, 6.45) is 3.59. The third-order valence-electron chi connectivity index (χ3n) is 4.94. The van der Waals surface area contributed by atoms with Gasteiger partial charge in [0.2, 0.25) is 0 Å². The molecule has 1 aromatic carbocycles. The Morgan fingerprint density at radius 3 is 2.48 bits per heavy atom. The van der Waals surface area contributed by atoms with Crippen LogP contribution < -0.4 is 14.8 Å². The molecule has 0 amide bonds. The summed E-state index contributed by atoms with van der Waals surface area (Å²) in [5.41, 5.74) is 0.781. The molecular formula is C20H30Cl2N2O2S. The van der Waals surface area contributed by atoms with Gasteiger partial charge in [0, 0.05) is 23.0 Å². The summed E-state index contributed by atoms with van der Waals surface area (Å²) in [5.74, 6) is 0.646. The van der Waals surface area contributed by atoms with Gasteiger partial charge in [0.25, 0.3) is 0 Å². The molecule has 27 heavy (non-hydrogen) atoms. The second kappa shape index (κ2) is 9.38. The highest BCUT2D eigenvalue weighted by Gasteiger charge is 2.42. The third kappa shape index (κ3) is 5.78. The molecule has 1 aliphatic rings. The lowest BCUT2D eigenvalue weighted by atomic mass is 9.72. The van der Waals surface area contributed by atoms with Crippen LogP contribution in [0.5, 0.6) is 5.75 Å². The SMILES string of the molecule is C=CCOc1cc(Cl)c(Cl)cc1C(N[S+]([O-])C(C)(C)C)C1(C)CCNCC1. The Morgan fingerprint density at radius 2 is 1.93 bits per heavy atom. The fraction of sp³-hybridized carbons (Fsp3) is 0.600. The maximum absolute atomic E-state index is 13.0. The topological polar surface area (TPSA) is 56.3 Å². The Kier molecular flexibility index (Phi) is 7.94. The standard InChI is InChI=1S/C20H30Cl2N2O2S/c1-6-11-26-17-13-16(22)15(21)12-14(17)18(24-27(25)19(2,3)4)20(5)7-9-23-10-8-20/h6,12-13,18,23-24H,1,7-11H2,2-5H3. The molecule has 2 N–H and O–H groups in total. The maximum atomic E-state index is 13.0. The normalized spacial score (nSPS) is 19.4. The molecule has 2 unspecified atom stereocenters. The van der Waals surface area contributed by atoms with Crippen molar-refractivity contribution >= 4 is 34.6 Å². The minimum Gasteiger partial charge on any atom is -0.598 e. The van der Waals surface area contributed by atoms with Crippen LogP contribution in [0.25, 0.3) is 0 Å². The zero-order chi connectivity index (χ0) is 20.2. The van der Waals surface area contributed by atoms with E-state index in [1.54, 1.807) is 12.1 Å². The van der Waals surface area contributed by atoms with Gasteiger partial charge in [-0.05, 0) is 58.2 Å². The van der Waals surface area contributed by atoms with Crippen molar-refractivity contribution in [1.29, 1.82) is 0 Å². The van der Waals surface area contributed by atoms with Crippen LogP contribution in [0.2, 0.25) is 10.0 Å². The van der Waals surface area contributed by atoms with Crippen molar-refractivity contribution in [2.45, 2.75) is 51.3 Å². The van der Waals surface area contributed by atoms with Gasteiger partial charge in [0.15, 0.2) is 0 Å². The Balaban J connectivity index is 2.51. The number of hydrogen-bond acceptors (Lipinski definition) is 4. The molecule has 0 saturated carbocycles. The van der Waals surface area contributed by atoms with Crippen LogP contribution in [0.3, 0.4) is 0 Å². The van der Waals surface area contributed by atoms with Crippen molar-refractivity contribution in [1.82, 2.24) is 10.0 Å². The monoisotopic (exact) mass is 432 g/mol. The van der Waals surface area contributed by atoms with Crippen LogP contribution in [0.15, 0.2) is 24.8 Å². The zero-order valence-corrected chi connectivity index (χ0v) is 18.9. The van der Waals surface area contributed by atoms with Gasteiger partial charge in [-0.2, -0.15) is 0 Å². The molecule has 0 aliphatic carbocycles. The summed E-state index contributed by atoms with van der Waals surface area (Å²) < 4.78 is 21.9. The number of hydrogen-bond donors (Lipinski definition) is 2. The molecule has 0 aromatic heterocycles. The van der Waals surface area contributed by atoms with Gasteiger partial charge in [-0.3, -0.25) is 0 Å². The van der Waals surface area contributed by atoms with Crippen LogP contribution in [0.4, 0.5) is 0 Å². The Bertz CT molecular complexity index is 658. The summed E-state index contributed by atoms with van der Waals surface area (Å²) in [7, 11) is 0. The van der Waals surface area contributed by atoms with E-state index in [0.717, 1.165) is 31.5 Å². The van der Waals surface area contributed by atoms with Crippen LogP contribution in [0, 0.1) is 5.41 Å².